The number of ether oxygens (including phenoxy) is 2. The Morgan fingerprint density at radius 2 is 2.32 bits per heavy atom. The fourth-order valence-electron chi connectivity index (χ4n) is 3.51. The molecule has 2 aliphatic heterocycles. The van der Waals surface area contributed by atoms with E-state index in [4.69, 9.17) is 14.7 Å². The topological polar surface area (TPSA) is 84.2 Å². The molecule has 2 aromatic heterocycles. The molecule has 0 unspecified atom stereocenters. The quantitative estimate of drug-likeness (QED) is 0.809. The van der Waals surface area contributed by atoms with Crippen molar-refractivity contribution in [3.05, 3.63) is 28.9 Å². The smallest absolute Gasteiger partial charge is 0.213 e. The van der Waals surface area contributed by atoms with Crippen LogP contribution in [0.4, 0.5) is 5.13 Å². The van der Waals surface area contributed by atoms with Gasteiger partial charge in [-0.3, -0.25) is 0 Å². The van der Waals surface area contributed by atoms with E-state index >= 15 is 0 Å². The molecular formula is C17H19N5O2S. The number of nitriles is 1. The average molecular weight is 357 g/mol. The predicted molar refractivity (Wildman–Crippen MR) is 92.6 cm³/mol. The molecule has 3 atom stereocenters. The highest BCUT2D eigenvalue weighted by molar-refractivity contribution is 7.15. The van der Waals surface area contributed by atoms with Gasteiger partial charge in [0, 0.05) is 31.3 Å². The summed E-state index contributed by atoms with van der Waals surface area (Å²) in [5.74, 6) is 1.57. The van der Waals surface area contributed by atoms with E-state index in [2.05, 4.69) is 26.2 Å². The van der Waals surface area contributed by atoms with Gasteiger partial charge < -0.3 is 14.4 Å². The minimum absolute atomic E-state index is 0.280. The highest BCUT2D eigenvalue weighted by Gasteiger charge is 2.44. The Labute approximate surface area is 150 Å². The van der Waals surface area contributed by atoms with Crippen molar-refractivity contribution in [3.8, 4) is 11.9 Å². The molecule has 4 rings (SSSR count). The largest absolute Gasteiger partial charge is 0.478 e. The highest BCUT2D eigenvalue weighted by atomic mass is 32.1. The third-order valence-corrected chi connectivity index (χ3v) is 5.73. The van der Waals surface area contributed by atoms with Crippen molar-refractivity contribution < 1.29 is 9.47 Å². The van der Waals surface area contributed by atoms with Crippen molar-refractivity contribution in [2.75, 3.05) is 31.2 Å². The summed E-state index contributed by atoms with van der Waals surface area (Å²) in [5.41, 5.74) is 0.539. The molecule has 0 bridgehead atoms. The molecule has 2 fully saturated rings. The van der Waals surface area contributed by atoms with Crippen LogP contribution in [0.2, 0.25) is 0 Å². The first-order chi connectivity index (χ1) is 12.2. The molecule has 2 aliphatic rings. The van der Waals surface area contributed by atoms with Crippen LogP contribution in [0.25, 0.3) is 0 Å². The van der Waals surface area contributed by atoms with Gasteiger partial charge in [0.2, 0.25) is 11.0 Å². The van der Waals surface area contributed by atoms with Crippen LogP contribution in [0.1, 0.15) is 17.0 Å². The summed E-state index contributed by atoms with van der Waals surface area (Å²) in [5, 5.41) is 19.1. The lowest BCUT2D eigenvalue weighted by molar-refractivity contribution is 0.110. The van der Waals surface area contributed by atoms with E-state index in [1.54, 1.807) is 23.5 Å². The van der Waals surface area contributed by atoms with E-state index in [1.165, 1.54) is 6.20 Å². The number of aromatic nitrogens is 3. The zero-order valence-corrected chi connectivity index (χ0v) is 14.8. The molecule has 130 valence electrons. The number of rotatable bonds is 5. The molecule has 0 aliphatic carbocycles. The molecule has 2 aromatic rings. The van der Waals surface area contributed by atoms with Crippen molar-refractivity contribution in [3.63, 3.8) is 0 Å². The number of anilines is 1. The molecule has 4 heterocycles. The fraction of sp³-hybridized carbons (Fsp3) is 0.529. The molecule has 7 nitrogen and oxygen atoms in total. The van der Waals surface area contributed by atoms with Gasteiger partial charge in [0.05, 0.1) is 24.9 Å². The van der Waals surface area contributed by atoms with Crippen molar-refractivity contribution in [2.45, 2.75) is 19.4 Å². The molecule has 0 saturated carbocycles. The predicted octanol–water partition coefficient (Wildman–Crippen LogP) is 2.03. The first-order valence-corrected chi connectivity index (χ1v) is 9.20. The maximum Gasteiger partial charge on any atom is 0.213 e. The van der Waals surface area contributed by atoms with Crippen LogP contribution in [0, 0.1) is 30.1 Å². The number of hydrogen-bond donors (Lipinski definition) is 0. The Morgan fingerprint density at radius 1 is 1.40 bits per heavy atom. The Kier molecular flexibility index (Phi) is 4.51. The third kappa shape index (κ3) is 3.43. The maximum absolute atomic E-state index is 8.78. The zero-order chi connectivity index (χ0) is 17.2. The first-order valence-electron chi connectivity index (χ1n) is 8.38. The van der Waals surface area contributed by atoms with Crippen LogP contribution >= 0.6 is 11.3 Å². The van der Waals surface area contributed by atoms with E-state index < -0.39 is 0 Å². The van der Waals surface area contributed by atoms with Gasteiger partial charge in [-0.25, -0.2) is 4.98 Å². The normalized spacial score (nSPS) is 25.0. The first kappa shape index (κ1) is 16.2. The second-order valence-corrected chi connectivity index (χ2v) is 7.60. The van der Waals surface area contributed by atoms with Crippen LogP contribution < -0.4 is 9.64 Å². The minimum atomic E-state index is 0.280. The lowest BCUT2D eigenvalue weighted by atomic mass is 9.91. The fourth-order valence-corrected chi connectivity index (χ4v) is 4.22. The van der Waals surface area contributed by atoms with E-state index in [-0.39, 0.29) is 6.10 Å². The Bertz CT molecular complexity index is 772. The minimum Gasteiger partial charge on any atom is -0.478 e. The number of aryl methyl sites for hydroxylation is 1. The SMILES string of the molecule is Cc1nnc(N2C[C@H]3[C@@H](CCOc4ccc(C#N)cn4)CO[C@H]3C2)s1. The van der Waals surface area contributed by atoms with Gasteiger partial charge >= 0.3 is 0 Å². The highest BCUT2D eigenvalue weighted by Crippen LogP contribution is 2.38. The lowest BCUT2D eigenvalue weighted by Gasteiger charge is -2.18. The Hall–Kier alpha value is -2.24. The van der Waals surface area contributed by atoms with Gasteiger partial charge in [0.1, 0.15) is 11.1 Å². The van der Waals surface area contributed by atoms with Crippen LogP contribution in [-0.2, 0) is 4.74 Å². The van der Waals surface area contributed by atoms with Gasteiger partial charge in [0.15, 0.2) is 0 Å². The van der Waals surface area contributed by atoms with Crippen LogP contribution in [-0.4, -0.2) is 47.6 Å². The monoisotopic (exact) mass is 357 g/mol. The van der Waals surface area contributed by atoms with Gasteiger partial charge in [-0.2, -0.15) is 5.26 Å². The summed E-state index contributed by atoms with van der Waals surface area (Å²) in [7, 11) is 0. The summed E-state index contributed by atoms with van der Waals surface area (Å²) in [6.07, 6.45) is 2.75. The molecule has 0 amide bonds. The van der Waals surface area contributed by atoms with E-state index in [0.29, 0.717) is 29.9 Å². The Balaban J connectivity index is 1.29. The molecule has 0 radical (unpaired) electrons. The van der Waals surface area contributed by atoms with Crippen molar-refractivity contribution in [1.82, 2.24) is 15.2 Å². The second kappa shape index (κ2) is 6.94. The number of nitrogens with zero attached hydrogens (tertiary/aromatic N) is 5. The van der Waals surface area contributed by atoms with E-state index in [0.717, 1.165) is 36.3 Å². The number of fused-ring (bicyclic) bond motifs is 1. The molecule has 2 saturated heterocycles. The summed E-state index contributed by atoms with van der Waals surface area (Å²) in [6.45, 7) is 5.25. The van der Waals surface area contributed by atoms with Gasteiger partial charge in [-0.15, -0.1) is 10.2 Å². The summed E-state index contributed by atoms with van der Waals surface area (Å²) < 4.78 is 11.7. The second-order valence-electron chi connectivity index (χ2n) is 6.44. The van der Waals surface area contributed by atoms with Crippen molar-refractivity contribution >= 4 is 16.5 Å². The van der Waals surface area contributed by atoms with E-state index in [1.807, 2.05) is 6.92 Å². The molecule has 0 N–H and O–H groups in total. The third-order valence-electron chi connectivity index (χ3n) is 4.83. The van der Waals surface area contributed by atoms with E-state index in [9.17, 15) is 0 Å². The molecule has 0 spiro atoms. The molecule has 0 aromatic carbocycles. The molecule has 8 heteroatoms. The van der Waals surface area contributed by atoms with Crippen LogP contribution in [0.15, 0.2) is 18.3 Å². The summed E-state index contributed by atoms with van der Waals surface area (Å²) >= 11 is 1.64. The van der Waals surface area contributed by atoms with Crippen LogP contribution in [0.3, 0.4) is 0 Å². The standard InChI is InChI=1S/C17H19N5O2S/c1-11-20-21-17(25-11)22-8-14-13(10-24-15(14)9-22)4-5-23-16-3-2-12(6-18)7-19-16/h2-3,7,13-15H,4-5,8-10H2,1H3/t13-,14-,15-/m0/s1. The summed E-state index contributed by atoms with van der Waals surface area (Å²) in [4.78, 5) is 6.42. The number of hydrogen-bond acceptors (Lipinski definition) is 8. The van der Waals surface area contributed by atoms with Crippen molar-refractivity contribution in [2.24, 2.45) is 11.8 Å². The van der Waals surface area contributed by atoms with Gasteiger partial charge in [-0.05, 0) is 25.3 Å². The molecular weight excluding hydrogens is 338 g/mol. The van der Waals surface area contributed by atoms with Crippen LogP contribution in [0.5, 0.6) is 5.88 Å². The molecule has 25 heavy (non-hydrogen) atoms. The van der Waals surface area contributed by atoms with Crippen molar-refractivity contribution in [1.29, 1.82) is 5.26 Å². The van der Waals surface area contributed by atoms with Gasteiger partial charge in [0.25, 0.3) is 0 Å². The zero-order valence-electron chi connectivity index (χ0n) is 14.0. The average Bonchev–Trinajstić information content (AvgIpc) is 3.32. The maximum atomic E-state index is 8.78. The summed E-state index contributed by atoms with van der Waals surface area (Å²) in [6, 6.07) is 5.51. The number of pyridine rings is 1. The Morgan fingerprint density at radius 3 is 3.04 bits per heavy atom. The lowest BCUT2D eigenvalue weighted by Crippen LogP contribution is -2.24. The van der Waals surface area contributed by atoms with Gasteiger partial charge in [-0.1, -0.05) is 11.3 Å².